The van der Waals surface area contributed by atoms with E-state index in [0.717, 1.165) is 22.5 Å². The molecule has 66 valence electrons. The predicted molar refractivity (Wildman–Crippen MR) is 60.2 cm³/mol. The molecule has 0 saturated carbocycles. The highest BCUT2D eigenvalue weighted by Gasteiger charge is 1.92. The monoisotopic (exact) mass is 264 g/mol. The summed E-state index contributed by atoms with van der Waals surface area (Å²) in [6.07, 6.45) is 1.07. The van der Waals surface area contributed by atoms with Crippen LogP contribution in [-0.2, 0) is 0 Å². The average molecular weight is 266 g/mol. The molecular formula is C9H10BrClS. The SMILES string of the molecule is ClCCCSc1ccc(Br)cc1. The second-order valence-electron chi connectivity index (χ2n) is 2.34. The molecular weight excluding hydrogens is 256 g/mol. The lowest BCUT2D eigenvalue weighted by atomic mass is 10.4. The fourth-order valence-electron chi connectivity index (χ4n) is 0.775. The molecule has 3 heteroatoms. The predicted octanol–water partition coefficient (Wildman–Crippen LogP) is 4.17. The first-order valence-corrected chi connectivity index (χ1v) is 6.08. The smallest absolute Gasteiger partial charge is 0.0231 e. The van der Waals surface area contributed by atoms with Crippen LogP contribution in [0.2, 0.25) is 0 Å². The lowest BCUT2D eigenvalue weighted by Crippen LogP contribution is -1.80. The molecule has 0 saturated heterocycles. The maximum absolute atomic E-state index is 5.57. The van der Waals surface area contributed by atoms with E-state index in [2.05, 4.69) is 40.2 Å². The molecule has 0 aromatic heterocycles. The summed E-state index contributed by atoms with van der Waals surface area (Å²) in [5.74, 6) is 1.86. The molecule has 0 aliphatic rings. The first-order chi connectivity index (χ1) is 5.83. The van der Waals surface area contributed by atoms with Crippen molar-refractivity contribution in [2.75, 3.05) is 11.6 Å². The van der Waals surface area contributed by atoms with Crippen molar-refractivity contribution in [2.45, 2.75) is 11.3 Å². The topological polar surface area (TPSA) is 0 Å². The van der Waals surface area contributed by atoms with Gasteiger partial charge < -0.3 is 0 Å². The normalized spacial score (nSPS) is 10.2. The molecule has 0 fully saturated rings. The Bertz CT molecular complexity index is 222. The van der Waals surface area contributed by atoms with Gasteiger partial charge in [0.2, 0.25) is 0 Å². The Hall–Kier alpha value is 0.340. The van der Waals surface area contributed by atoms with Crippen molar-refractivity contribution in [3.05, 3.63) is 28.7 Å². The number of hydrogen-bond donors (Lipinski definition) is 0. The number of benzene rings is 1. The maximum atomic E-state index is 5.57. The minimum absolute atomic E-state index is 0.754. The van der Waals surface area contributed by atoms with Gasteiger partial charge in [-0.15, -0.1) is 23.4 Å². The summed E-state index contributed by atoms with van der Waals surface area (Å²) < 4.78 is 1.13. The van der Waals surface area contributed by atoms with E-state index in [4.69, 9.17) is 11.6 Å². The Morgan fingerprint density at radius 1 is 1.25 bits per heavy atom. The summed E-state index contributed by atoms with van der Waals surface area (Å²) in [4.78, 5) is 1.31. The Morgan fingerprint density at radius 3 is 2.50 bits per heavy atom. The number of alkyl halides is 1. The van der Waals surface area contributed by atoms with Crippen LogP contribution in [0.3, 0.4) is 0 Å². The van der Waals surface area contributed by atoms with E-state index in [9.17, 15) is 0 Å². The second-order valence-corrected chi connectivity index (χ2v) is 4.81. The first-order valence-electron chi connectivity index (χ1n) is 3.77. The molecule has 0 spiro atoms. The summed E-state index contributed by atoms with van der Waals surface area (Å²) in [7, 11) is 0. The van der Waals surface area contributed by atoms with E-state index >= 15 is 0 Å². The molecule has 12 heavy (non-hydrogen) atoms. The molecule has 0 unspecified atom stereocenters. The van der Waals surface area contributed by atoms with Gasteiger partial charge in [0.05, 0.1) is 0 Å². The van der Waals surface area contributed by atoms with Crippen molar-refractivity contribution >= 4 is 39.3 Å². The van der Waals surface area contributed by atoms with E-state index in [1.54, 1.807) is 0 Å². The van der Waals surface area contributed by atoms with E-state index in [-0.39, 0.29) is 0 Å². The van der Waals surface area contributed by atoms with Crippen LogP contribution < -0.4 is 0 Å². The molecule has 1 aromatic carbocycles. The number of rotatable bonds is 4. The highest BCUT2D eigenvalue weighted by molar-refractivity contribution is 9.10. The Morgan fingerprint density at radius 2 is 1.92 bits per heavy atom. The second kappa shape index (κ2) is 5.90. The third-order valence-electron chi connectivity index (χ3n) is 1.36. The van der Waals surface area contributed by atoms with Crippen LogP contribution in [0.5, 0.6) is 0 Å². The van der Waals surface area contributed by atoms with Gasteiger partial charge in [-0.05, 0) is 36.4 Å². The zero-order valence-corrected chi connectivity index (χ0v) is 9.75. The number of hydrogen-bond acceptors (Lipinski definition) is 1. The van der Waals surface area contributed by atoms with Gasteiger partial charge in [0.1, 0.15) is 0 Å². The molecule has 0 aliphatic heterocycles. The third kappa shape index (κ3) is 3.83. The molecule has 0 atom stereocenters. The molecule has 0 aliphatic carbocycles. The van der Waals surface area contributed by atoms with Gasteiger partial charge in [-0.1, -0.05) is 15.9 Å². The van der Waals surface area contributed by atoms with Gasteiger partial charge in [-0.3, -0.25) is 0 Å². The average Bonchev–Trinajstić information content (AvgIpc) is 2.09. The summed E-state index contributed by atoms with van der Waals surface area (Å²) in [6.45, 7) is 0. The van der Waals surface area contributed by atoms with Crippen LogP contribution in [0.1, 0.15) is 6.42 Å². The maximum Gasteiger partial charge on any atom is 0.0231 e. The van der Waals surface area contributed by atoms with Gasteiger partial charge in [0.25, 0.3) is 0 Å². The molecule has 0 nitrogen and oxygen atoms in total. The van der Waals surface area contributed by atoms with E-state index in [1.165, 1.54) is 4.90 Å². The van der Waals surface area contributed by atoms with Crippen LogP contribution in [0.25, 0.3) is 0 Å². The van der Waals surface area contributed by atoms with Crippen molar-refractivity contribution in [1.82, 2.24) is 0 Å². The molecule has 0 bridgehead atoms. The van der Waals surface area contributed by atoms with E-state index in [1.807, 2.05) is 11.8 Å². The van der Waals surface area contributed by atoms with Gasteiger partial charge >= 0.3 is 0 Å². The summed E-state index contributed by atoms with van der Waals surface area (Å²) in [5.41, 5.74) is 0. The quantitative estimate of drug-likeness (QED) is 0.447. The largest absolute Gasteiger partial charge is 0.127 e. The Labute approximate surface area is 90.8 Å². The van der Waals surface area contributed by atoms with Gasteiger partial charge in [-0.25, -0.2) is 0 Å². The molecule has 1 rings (SSSR count). The van der Waals surface area contributed by atoms with Crippen LogP contribution in [-0.4, -0.2) is 11.6 Å². The van der Waals surface area contributed by atoms with Crippen molar-refractivity contribution in [2.24, 2.45) is 0 Å². The van der Waals surface area contributed by atoms with Gasteiger partial charge in [0, 0.05) is 15.2 Å². The van der Waals surface area contributed by atoms with Crippen LogP contribution in [0.4, 0.5) is 0 Å². The van der Waals surface area contributed by atoms with Crippen LogP contribution in [0.15, 0.2) is 33.6 Å². The molecule has 0 amide bonds. The van der Waals surface area contributed by atoms with Crippen molar-refractivity contribution in [3.63, 3.8) is 0 Å². The van der Waals surface area contributed by atoms with Crippen molar-refractivity contribution < 1.29 is 0 Å². The zero-order chi connectivity index (χ0) is 8.81. The highest BCUT2D eigenvalue weighted by Crippen LogP contribution is 2.21. The Kier molecular flexibility index (Phi) is 5.12. The summed E-state index contributed by atoms with van der Waals surface area (Å²) >= 11 is 10.8. The minimum atomic E-state index is 0.754. The van der Waals surface area contributed by atoms with Gasteiger partial charge in [-0.2, -0.15) is 0 Å². The van der Waals surface area contributed by atoms with Crippen LogP contribution in [0, 0.1) is 0 Å². The third-order valence-corrected chi connectivity index (χ3v) is 3.25. The highest BCUT2D eigenvalue weighted by atomic mass is 79.9. The zero-order valence-electron chi connectivity index (χ0n) is 6.59. The standard InChI is InChI=1S/C9H10BrClS/c10-8-2-4-9(5-3-8)12-7-1-6-11/h2-5H,1,6-7H2. The van der Waals surface area contributed by atoms with Gasteiger partial charge in [0.15, 0.2) is 0 Å². The van der Waals surface area contributed by atoms with Crippen LogP contribution >= 0.6 is 39.3 Å². The molecule has 0 radical (unpaired) electrons. The molecule has 0 heterocycles. The summed E-state index contributed by atoms with van der Waals surface area (Å²) in [6, 6.07) is 8.35. The Balaban J connectivity index is 2.37. The number of halogens is 2. The minimum Gasteiger partial charge on any atom is -0.127 e. The first kappa shape index (κ1) is 10.4. The van der Waals surface area contributed by atoms with Crippen molar-refractivity contribution in [1.29, 1.82) is 0 Å². The van der Waals surface area contributed by atoms with Crippen molar-refractivity contribution in [3.8, 4) is 0 Å². The lowest BCUT2D eigenvalue weighted by Gasteiger charge is -1.99. The van der Waals surface area contributed by atoms with E-state index in [0.29, 0.717) is 0 Å². The fraction of sp³-hybridized carbons (Fsp3) is 0.333. The lowest BCUT2D eigenvalue weighted by molar-refractivity contribution is 1.11. The fourth-order valence-corrected chi connectivity index (χ4v) is 2.18. The van der Waals surface area contributed by atoms with E-state index < -0.39 is 0 Å². The molecule has 1 aromatic rings. The molecule has 0 N–H and O–H groups in total. The summed E-state index contributed by atoms with van der Waals surface area (Å²) in [5, 5.41) is 0. The number of thioether (sulfide) groups is 1.